The van der Waals surface area contributed by atoms with Gasteiger partial charge in [-0.25, -0.2) is 0 Å². The van der Waals surface area contributed by atoms with Crippen molar-refractivity contribution in [1.29, 1.82) is 0 Å². The molecule has 0 spiro atoms. The standard InChI is InChI=1S/C20H24N2O2/c1-16-11-13-22(14-12-16)15-20(23)21-18-9-5-6-10-19(18)24-17-7-3-2-4-8-17/h2-10,16H,11-15H2,1H3,(H,21,23)/p+1. The van der Waals surface area contributed by atoms with Gasteiger partial charge in [-0.05, 0) is 43.0 Å². The topological polar surface area (TPSA) is 42.8 Å². The molecule has 0 aromatic heterocycles. The van der Waals surface area contributed by atoms with Crippen LogP contribution in [0.15, 0.2) is 54.6 Å². The molecule has 1 aliphatic heterocycles. The molecule has 0 bridgehead atoms. The van der Waals surface area contributed by atoms with Crippen molar-refractivity contribution in [2.75, 3.05) is 25.0 Å². The summed E-state index contributed by atoms with van der Waals surface area (Å²) in [7, 11) is 0. The molecule has 2 aromatic carbocycles. The minimum absolute atomic E-state index is 0.0451. The quantitative estimate of drug-likeness (QED) is 0.888. The van der Waals surface area contributed by atoms with Crippen LogP contribution in [0.4, 0.5) is 5.69 Å². The van der Waals surface area contributed by atoms with E-state index in [0.29, 0.717) is 12.3 Å². The molecule has 126 valence electrons. The molecule has 0 radical (unpaired) electrons. The van der Waals surface area contributed by atoms with Gasteiger partial charge in [0.15, 0.2) is 12.3 Å². The number of hydrogen-bond acceptors (Lipinski definition) is 2. The van der Waals surface area contributed by atoms with E-state index >= 15 is 0 Å². The van der Waals surface area contributed by atoms with E-state index in [0.717, 1.165) is 30.4 Å². The normalized spacial score (nSPS) is 20.4. The number of amides is 1. The van der Waals surface area contributed by atoms with E-state index in [9.17, 15) is 4.79 Å². The SMILES string of the molecule is CC1CC[NH+](CC(=O)Nc2ccccc2Oc2ccccc2)CC1. The lowest BCUT2D eigenvalue weighted by atomic mass is 9.99. The van der Waals surface area contributed by atoms with Crippen molar-refractivity contribution in [3.05, 3.63) is 54.6 Å². The van der Waals surface area contributed by atoms with Crippen LogP contribution in [-0.2, 0) is 4.79 Å². The van der Waals surface area contributed by atoms with Gasteiger partial charge in [-0.2, -0.15) is 0 Å². The molecule has 1 heterocycles. The number of quaternary nitrogens is 1. The zero-order valence-electron chi connectivity index (χ0n) is 14.1. The second kappa shape index (κ2) is 7.97. The lowest BCUT2D eigenvalue weighted by Gasteiger charge is -2.26. The van der Waals surface area contributed by atoms with Crippen LogP contribution in [0.25, 0.3) is 0 Å². The average Bonchev–Trinajstić information content (AvgIpc) is 2.60. The monoisotopic (exact) mass is 325 g/mol. The fraction of sp³-hybridized carbons (Fsp3) is 0.350. The summed E-state index contributed by atoms with van der Waals surface area (Å²) in [6.07, 6.45) is 2.41. The van der Waals surface area contributed by atoms with Crippen LogP contribution in [0, 0.1) is 5.92 Å². The third kappa shape index (κ3) is 4.59. The zero-order chi connectivity index (χ0) is 16.8. The van der Waals surface area contributed by atoms with Crippen molar-refractivity contribution in [3.63, 3.8) is 0 Å². The predicted molar refractivity (Wildman–Crippen MR) is 95.5 cm³/mol. The Balaban J connectivity index is 1.61. The molecule has 1 amide bonds. The minimum Gasteiger partial charge on any atom is -0.455 e. The highest BCUT2D eigenvalue weighted by Crippen LogP contribution is 2.28. The van der Waals surface area contributed by atoms with Gasteiger partial charge in [0, 0.05) is 0 Å². The lowest BCUT2D eigenvalue weighted by Crippen LogP contribution is -3.14. The highest BCUT2D eigenvalue weighted by atomic mass is 16.5. The number of anilines is 1. The fourth-order valence-corrected chi connectivity index (χ4v) is 3.04. The maximum absolute atomic E-state index is 12.4. The summed E-state index contributed by atoms with van der Waals surface area (Å²) in [6, 6.07) is 17.2. The van der Waals surface area contributed by atoms with Gasteiger partial charge in [-0.3, -0.25) is 4.79 Å². The highest BCUT2D eigenvalue weighted by Gasteiger charge is 2.21. The van der Waals surface area contributed by atoms with Crippen LogP contribution in [0.3, 0.4) is 0 Å². The van der Waals surface area contributed by atoms with Gasteiger partial charge in [0.05, 0.1) is 18.8 Å². The molecule has 0 unspecified atom stereocenters. The van der Waals surface area contributed by atoms with Gasteiger partial charge in [-0.1, -0.05) is 37.3 Å². The van der Waals surface area contributed by atoms with Crippen LogP contribution >= 0.6 is 0 Å². The first-order valence-corrected chi connectivity index (χ1v) is 8.66. The molecule has 4 nitrogen and oxygen atoms in total. The van der Waals surface area contributed by atoms with Crippen LogP contribution in [-0.4, -0.2) is 25.5 Å². The van der Waals surface area contributed by atoms with Gasteiger partial charge in [0.1, 0.15) is 5.75 Å². The van der Waals surface area contributed by atoms with E-state index in [4.69, 9.17) is 4.74 Å². The smallest absolute Gasteiger partial charge is 0.279 e. The van der Waals surface area contributed by atoms with Gasteiger partial charge in [-0.15, -0.1) is 0 Å². The van der Waals surface area contributed by atoms with Gasteiger partial charge in [0.25, 0.3) is 5.91 Å². The summed E-state index contributed by atoms with van der Waals surface area (Å²) < 4.78 is 5.89. The summed E-state index contributed by atoms with van der Waals surface area (Å²) in [4.78, 5) is 13.7. The third-order valence-electron chi connectivity index (χ3n) is 4.52. The number of likely N-dealkylation sites (tertiary alicyclic amines) is 1. The largest absolute Gasteiger partial charge is 0.455 e. The molecule has 1 aliphatic rings. The second-order valence-electron chi connectivity index (χ2n) is 6.57. The van der Waals surface area contributed by atoms with Crippen molar-refractivity contribution < 1.29 is 14.4 Å². The lowest BCUT2D eigenvalue weighted by molar-refractivity contribution is -0.897. The van der Waals surface area contributed by atoms with Crippen molar-refractivity contribution in [2.45, 2.75) is 19.8 Å². The number of para-hydroxylation sites is 3. The molecule has 24 heavy (non-hydrogen) atoms. The van der Waals surface area contributed by atoms with Crippen LogP contribution in [0.1, 0.15) is 19.8 Å². The Labute approximate surface area is 143 Å². The van der Waals surface area contributed by atoms with E-state index in [1.54, 1.807) is 0 Å². The van der Waals surface area contributed by atoms with Gasteiger partial charge >= 0.3 is 0 Å². The molecule has 0 saturated carbocycles. The van der Waals surface area contributed by atoms with E-state index in [-0.39, 0.29) is 5.91 Å². The summed E-state index contributed by atoms with van der Waals surface area (Å²) >= 11 is 0. The first kappa shape index (κ1) is 16.5. The van der Waals surface area contributed by atoms with Crippen LogP contribution in [0.5, 0.6) is 11.5 Å². The van der Waals surface area contributed by atoms with Gasteiger partial charge < -0.3 is 15.0 Å². The highest BCUT2D eigenvalue weighted by molar-refractivity contribution is 5.93. The molecule has 3 rings (SSSR count). The van der Waals surface area contributed by atoms with Crippen molar-refractivity contribution in [3.8, 4) is 11.5 Å². The van der Waals surface area contributed by atoms with Crippen molar-refractivity contribution in [1.82, 2.24) is 0 Å². The van der Waals surface area contributed by atoms with Crippen LogP contribution in [0.2, 0.25) is 0 Å². The number of benzene rings is 2. The first-order chi connectivity index (χ1) is 11.7. The first-order valence-electron chi connectivity index (χ1n) is 8.66. The average molecular weight is 325 g/mol. The number of hydrogen-bond donors (Lipinski definition) is 2. The Morgan fingerprint density at radius 1 is 1.08 bits per heavy atom. The molecule has 1 fully saturated rings. The predicted octanol–water partition coefficient (Wildman–Crippen LogP) is 2.73. The minimum atomic E-state index is 0.0451. The molecule has 4 heteroatoms. The Bertz CT molecular complexity index is 664. The molecular formula is C20H25N2O2+. The van der Waals surface area contributed by atoms with Crippen LogP contribution < -0.4 is 15.0 Å². The van der Waals surface area contributed by atoms with Crippen molar-refractivity contribution in [2.24, 2.45) is 5.92 Å². The van der Waals surface area contributed by atoms with Crippen molar-refractivity contribution >= 4 is 11.6 Å². The Morgan fingerprint density at radius 2 is 1.75 bits per heavy atom. The van der Waals surface area contributed by atoms with E-state index in [1.807, 2.05) is 54.6 Å². The molecule has 1 saturated heterocycles. The number of carbonyl (C=O) groups excluding carboxylic acids is 1. The third-order valence-corrected chi connectivity index (χ3v) is 4.52. The molecule has 2 aromatic rings. The summed E-state index contributed by atoms with van der Waals surface area (Å²) in [5.41, 5.74) is 0.719. The summed E-state index contributed by atoms with van der Waals surface area (Å²) in [6.45, 7) is 4.97. The number of nitrogens with one attached hydrogen (secondary N) is 2. The summed E-state index contributed by atoms with van der Waals surface area (Å²) in [5.74, 6) is 2.26. The maximum atomic E-state index is 12.4. The maximum Gasteiger partial charge on any atom is 0.279 e. The fourth-order valence-electron chi connectivity index (χ4n) is 3.04. The molecule has 2 N–H and O–H groups in total. The number of piperidine rings is 1. The summed E-state index contributed by atoms with van der Waals surface area (Å²) in [5, 5.41) is 3.00. The van der Waals surface area contributed by atoms with E-state index in [2.05, 4.69) is 12.2 Å². The van der Waals surface area contributed by atoms with Gasteiger partial charge in [0.2, 0.25) is 0 Å². The number of ether oxygens (including phenoxy) is 1. The molecule has 0 aliphatic carbocycles. The van der Waals surface area contributed by atoms with E-state index < -0.39 is 0 Å². The molecule has 0 atom stereocenters. The number of rotatable bonds is 5. The number of carbonyl (C=O) groups is 1. The Hall–Kier alpha value is -2.33. The second-order valence-corrected chi connectivity index (χ2v) is 6.57. The molecular weight excluding hydrogens is 300 g/mol. The Kier molecular flexibility index (Phi) is 5.49. The van der Waals surface area contributed by atoms with E-state index in [1.165, 1.54) is 17.7 Å². The Morgan fingerprint density at radius 3 is 2.50 bits per heavy atom. The zero-order valence-corrected chi connectivity index (χ0v) is 14.1.